The Balaban J connectivity index is 1.77. The van der Waals surface area contributed by atoms with Crippen LogP contribution >= 0.6 is 0 Å². The Hall–Kier alpha value is -1.35. The molecule has 102 valence electrons. The van der Waals surface area contributed by atoms with Crippen LogP contribution in [0.4, 0.5) is 0 Å². The van der Waals surface area contributed by atoms with Crippen LogP contribution in [0.25, 0.3) is 0 Å². The summed E-state index contributed by atoms with van der Waals surface area (Å²) in [6.07, 6.45) is 4.90. The molecule has 1 saturated heterocycles. The molecule has 1 aliphatic carbocycles. The van der Waals surface area contributed by atoms with Crippen molar-refractivity contribution < 1.29 is 9.90 Å². The first kappa shape index (κ1) is 12.7. The van der Waals surface area contributed by atoms with Crippen molar-refractivity contribution in [1.82, 2.24) is 4.90 Å². The summed E-state index contributed by atoms with van der Waals surface area (Å²) in [6, 6.07) is 9.47. The quantitative estimate of drug-likeness (QED) is 0.841. The molecule has 0 bridgehead atoms. The highest BCUT2D eigenvalue weighted by Gasteiger charge is 2.45. The number of nitrogens with zero attached hydrogens (tertiary/aromatic N) is 1. The maximum Gasteiger partial charge on any atom is 0.253 e. The highest BCUT2D eigenvalue weighted by Crippen LogP contribution is 2.45. The number of aliphatic hydroxyl groups excluding tert-OH is 1. The van der Waals surface area contributed by atoms with Crippen LogP contribution < -0.4 is 0 Å². The first-order chi connectivity index (χ1) is 9.21. The van der Waals surface area contributed by atoms with E-state index in [4.69, 9.17) is 0 Å². The molecular formula is C16H21NO2. The maximum absolute atomic E-state index is 12.5. The lowest BCUT2D eigenvalue weighted by Crippen LogP contribution is -2.49. The SMILES string of the molecule is O=C(c1ccccc1)N1CCC[C@@]2(CCC[C@H]2O)C1. The van der Waals surface area contributed by atoms with Crippen molar-refractivity contribution in [2.75, 3.05) is 13.1 Å². The van der Waals surface area contributed by atoms with Gasteiger partial charge in [0.15, 0.2) is 0 Å². The third-order valence-electron chi connectivity index (χ3n) is 4.78. The molecule has 0 radical (unpaired) electrons. The van der Waals surface area contributed by atoms with Crippen LogP contribution in [0.15, 0.2) is 30.3 Å². The van der Waals surface area contributed by atoms with Crippen LogP contribution in [0, 0.1) is 5.41 Å². The van der Waals surface area contributed by atoms with E-state index < -0.39 is 0 Å². The molecule has 2 fully saturated rings. The number of piperidine rings is 1. The van der Waals surface area contributed by atoms with Gasteiger partial charge in [-0.15, -0.1) is 0 Å². The van der Waals surface area contributed by atoms with E-state index in [0.29, 0.717) is 0 Å². The minimum Gasteiger partial charge on any atom is -0.392 e. The fraction of sp³-hybridized carbons (Fsp3) is 0.562. The molecule has 3 nitrogen and oxygen atoms in total. The largest absolute Gasteiger partial charge is 0.392 e. The Morgan fingerprint density at radius 2 is 1.95 bits per heavy atom. The molecule has 1 heterocycles. The standard InChI is InChI=1S/C16H21NO2/c18-14-8-4-9-16(14)10-5-11-17(12-16)15(19)13-6-2-1-3-7-13/h1-3,6-7,14,18H,4-5,8-12H2/t14-,16+/m1/s1. The topological polar surface area (TPSA) is 40.5 Å². The second-order valence-corrected chi connectivity index (χ2v) is 5.97. The van der Waals surface area contributed by atoms with Gasteiger partial charge >= 0.3 is 0 Å². The molecule has 0 aromatic heterocycles. The number of hydrogen-bond acceptors (Lipinski definition) is 2. The highest BCUT2D eigenvalue weighted by molar-refractivity contribution is 5.94. The van der Waals surface area contributed by atoms with Gasteiger partial charge in [0.1, 0.15) is 0 Å². The third kappa shape index (κ3) is 2.27. The van der Waals surface area contributed by atoms with Gasteiger partial charge < -0.3 is 10.0 Å². The molecule has 3 rings (SSSR count). The summed E-state index contributed by atoms with van der Waals surface area (Å²) in [5.74, 6) is 0.110. The van der Waals surface area contributed by atoms with Gasteiger partial charge in [-0.05, 0) is 37.8 Å². The van der Waals surface area contributed by atoms with Crippen LogP contribution in [0.3, 0.4) is 0 Å². The summed E-state index contributed by atoms with van der Waals surface area (Å²) < 4.78 is 0. The molecule has 19 heavy (non-hydrogen) atoms. The van der Waals surface area contributed by atoms with Gasteiger partial charge in [-0.1, -0.05) is 24.6 Å². The minimum atomic E-state index is -0.223. The number of aliphatic hydroxyl groups is 1. The van der Waals surface area contributed by atoms with Crippen LogP contribution in [0.1, 0.15) is 42.5 Å². The van der Waals surface area contributed by atoms with Gasteiger partial charge in [0, 0.05) is 24.1 Å². The van der Waals surface area contributed by atoms with Gasteiger partial charge in [0.05, 0.1) is 6.10 Å². The van der Waals surface area contributed by atoms with E-state index in [1.54, 1.807) is 0 Å². The molecule has 2 atom stereocenters. The molecule has 1 aromatic carbocycles. The summed E-state index contributed by atoms with van der Waals surface area (Å²) in [4.78, 5) is 14.4. The normalized spacial score (nSPS) is 30.8. The Labute approximate surface area is 114 Å². The van der Waals surface area contributed by atoms with Crippen molar-refractivity contribution in [3.63, 3.8) is 0 Å². The van der Waals surface area contributed by atoms with Crippen LogP contribution in [-0.2, 0) is 0 Å². The van der Waals surface area contributed by atoms with E-state index in [2.05, 4.69) is 0 Å². The molecule has 1 saturated carbocycles. The second-order valence-electron chi connectivity index (χ2n) is 5.97. The number of carbonyl (C=O) groups is 1. The van der Waals surface area contributed by atoms with Gasteiger partial charge in [0.25, 0.3) is 5.91 Å². The lowest BCUT2D eigenvalue weighted by molar-refractivity contribution is -0.00535. The van der Waals surface area contributed by atoms with E-state index in [1.165, 1.54) is 0 Å². The van der Waals surface area contributed by atoms with Crippen LogP contribution in [-0.4, -0.2) is 35.1 Å². The maximum atomic E-state index is 12.5. The van der Waals surface area contributed by atoms with E-state index in [1.807, 2.05) is 35.2 Å². The first-order valence-electron chi connectivity index (χ1n) is 7.24. The zero-order valence-electron chi connectivity index (χ0n) is 11.2. The number of amides is 1. The van der Waals surface area contributed by atoms with E-state index in [9.17, 15) is 9.90 Å². The number of rotatable bonds is 1. The summed E-state index contributed by atoms with van der Waals surface area (Å²) in [5, 5.41) is 10.2. The molecule has 1 spiro atoms. The van der Waals surface area contributed by atoms with Crippen molar-refractivity contribution in [2.24, 2.45) is 5.41 Å². The zero-order chi connectivity index (χ0) is 13.3. The molecule has 1 amide bonds. The Kier molecular flexibility index (Phi) is 3.31. The highest BCUT2D eigenvalue weighted by atomic mass is 16.3. The fourth-order valence-electron chi connectivity index (χ4n) is 3.69. The smallest absolute Gasteiger partial charge is 0.253 e. The second kappa shape index (κ2) is 4.97. The molecule has 1 aliphatic heterocycles. The van der Waals surface area contributed by atoms with Crippen LogP contribution in [0.2, 0.25) is 0 Å². The molecule has 2 aliphatic rings. The predicted octanol–water partition coefficient (Wildman–Crippen LogP) is 2.45. The minimum absolute atomic E-state index is 0.0251. The molecular weight excluding hydrogens is 238 g/mol. The fourth-order valence-corrected chi connectivity index (χ4v) is 3.69. The summed E-state index contributed by atoms with van der Waals surface area (Å²) >= 11 is 0. The molecule has 0 unspecified atom stereocenters. The monoisotopic (exact) mass is 259 g/mol. The predicted molar refractivity (Wildman–Crippen MR) is 73.9 cm³/mol. The molecule has 1 aromatic rings. The molecule has 1 N–H and O–H groups in total. The Bertz CT molecular complexity index is 459. The van der Waals surface area contributed by atoms with Gasteiger partial charge in [-0.25, -0.2) is 0 Å². The summed E-state index contributed by atoms with van der Waals surface area (Å²) in [5.41, 5.74) is 0.731. The van der Waals surface area contributed by atoms with E-state index in [-0.39, 0.29) is 17.4 Å². The van der Waals surface area contributed by atoms with Crippen molar-refractivity contribution >= 4 is 5.91 Å². The first-order valence-corrected chi connectivity index (χ1v) is 7.24. The van der Waals surface area contributed by atoms with Crippen molar-refractivity contribution in [3.05, 3.63) is 35.9 Å². The number of likely N-dealkylation sites (tertiary alicyclic amines) is 1. The molecule has 3 heteroatoms. The average molecular weight is 259 g/mol. The number of benzene rings is 1. The number of carbonyl (C=O) groups excluding carboxylic acids is 1. The Morgan fingerprint density at radius 3 is 2.63 bits per heavy atom. The lowest BCUT2D eigenvalue weighted by atomic mass is 9.76. The zero-order valence-corrected chi connectivity index (χ0v) is 11.2. The number of hydrogen-bond donors (Lipinski definition) is 1. The summed E-state index contributed by atoms with van der Waals surface area (Å²) in [6.45, 7) is 1.55. The van der Waals surface area contributed by atoms with E-state index in [0.717, 1.165) is 50.8 Å². The third-order valence-corrected chi connectivity index (χ3v) is 4.78. The van der Waals surface area contributed by atoms with Gasteiger partial charge in [-0.2, -0.15) is 0 Å². The average Bonchev–Trinajstić information content (AvgIpc) is 2.80. The lowest BCUT2D eigenvalue weighted by Gasteiger charge is -2.42. The van der Waals surface area contributed by atoms with Crippen LogP contribution in [0.5, 0.6) is 0 Å². The van der Waals surface area contributed by atoms with E-state index >= 15 is 0 Å². The van der Waals surface area contributed by atoms with Gasteiger partial charge in [0.2, 0.25) is 0 Å². The van der Waals surface area contributed by atoms with Crippen molar-refractivity contribution in [3.8, 4) is 0 Å². The van der Waals surface area contributed by atoms with Crippen molar-refractivity contribution in [1.29, 1.82) is 0 Å². The van der Waals surface area contributed by atoms with Crippen molar-refractivity contribution in [2.45, 2.75) is 38.2 Å². The van der Waals surface area contributed by atoms with Gasteiger partial charge in [-0.3, -0.25) is 4.79 Å². The Morgan fingerprint density at radius 1 is 1.21 bits per heavy atom. The summed E-state index contributed by atoms with van der Waals surface area (Å²) in [7, 11) is 0.